The van der Waals surface area contributed by atoms with Gasteiger partial charge in [-0.1, -0.05) is 18.2 Å². The second kappa shape index (κ2) is 6.29. The number of hydrogen-bond donors (Lipinski definition) is 1. The summed E-state index contributed by atoms with van der Waals surface area (Å²) in [5, 5.41) is 9.10. The summed E-state index contributed by atoms with van der Waals surface area (Å²) in [6.07, 6.45) is 3.58. The third-order valence-electron chi connectivity index (χ3n) is 4.42. The molecule has 1 fully saturated rings. The quantitative estimate of drug-likeness (QED) is 0.915. The van der Waals surface area contributed by atoms with Gasteiger partial charge in [0, 0.05) is 36.3 Å². The molecule has 3 heteroatoms. The number of aliphatic hydroxyl groups excluding tert-OH is 1. The van der Waals surface area contributed by atoms with Crippen LogP contribution in [0.15, 0.2) is 29.2 Å². The Morgan fingerprint density at radius 1 is 1.32 bits per heavy atom. The zero-order valence-electron chi connectivity index (χ0n) is 11.4. The molecule has 2 atom stereocenters. The molecular weight excluding hydrogens is 254 g/mol. The number of benzene rings is 1. The molecule has 1 aromatic carbocycles. The van der Waals surface area contributed by atoms with E-state index in [2.05, 4.69) is 29.2 Å². The van der Waals surface area contributed by atoms with E-state index in [1.165, 1.54) is 43.1 Å². The fourth-order valence-electron chi connectivity index (χ4n) is 3.43. The van der Waals surface area contributed by atoms with Crippen LogP contribution in [-0.2, 0) is 0 Å². The first-order chi connectivity index (χ1) is 9.36. The fourth-order valence-corrected chi connectivity index (χ4v) is 4.67. The number of hydrogen-bond acceptors (Lipinski definition) is 3. The van der Waals surface area contributed by atoms with E-state index in [1.54, 1.807) is 5.56 Å². The lowest BCUT2D eigenvalue weighted by Gasteiger charge is -2.34. The van der Waals surface area contributed by atoms with E-state index in [0.717, 1.165) is 6.42 Å². The molecule has 1 saturated heterocycles. The van der Waals surface area contributed by atoms with Gasteiger partial charge in [0.2, 0.25) is 0 Å². The Hall–Kier alpha value is -0.510. The molecule has 1 N–H and O–H groups in total. The van der Waals surface area contributed by atoms with Crippen molar-refractivity contribution in [3.05, 3.63) is 29.8 Å². The van der Waals surface area contributed by atoms with Crippen molar-refractivity contribution in [2.45, 2.75) is 30.1 Å². The Labute approximate surface area is 120 Å². The molecule has 0 aromatic heterocycles. The molecule has 2 heterocycles. The van der Waals surface area contributed by atoms with E-state index in [-0.39, 0.29) is 0 Å². The molecule has 104 valence electrons. The Bertz CT molecular complexity index is 421. The zero-order chi connectivity index (χ0) is 13.1. The molecule has 0 radical (unpaired) electrons. The first kappa shape index (κ1) is 13.5. The van der Waals surface area contributed by atoms with E-state index in [9.17, 15) is 0 Å². The topological polar surface area (TPSA) is 23.5 Å². The molecule has 0 amide bonds. The predicted octanol–water partition coefficient (Wildman–Crippen LogP) is 2.97. The van der Waals surface area contributed by atoms with Gasteiger partial charge in [0.25, 0.3) is 0 Å². The summed E-state index contributed by atoms with van der Waals surface area (Å²) in [4.78, 5) is 4.10. The van der Waals surface area contributed by atoms with Gasteiger partial charge in [-0.05, 0) is 43.4 Å². The molecule has 2 aliphatic heterocycles. The summed E-state index contributed by atoms with van der Waals surface area (Å²) in [6.45, 7) is 3.97. The fraction of sp³-hybridized carbons (Fsp3) is 0.625. The molecule has 2 unspecified atom stereocenters. The zero-order valence-corrected chi connectivity index (χ0v) is 12.2. The summed E-state index contributed by atoms with van der Waals surface area (Å²) in [6, 6.07) is 8.87. The van der Waals surface area contributed by atoms with Gasteiger partial charge in [-0.25, -0.2) is 0 Å². The smallest absolute Gasteiger partial charge is 0.0434 e. The summed E-state index contributed by atoms with van der Waals surface area (Å²) in [7, 11) is 0. The number of piperidine rings is 1. The third-order valence-corrected chi connectivity index (χ3v) is 5.67. The predicted molar refractivity (Wildman–Crippen MR) is 80.8 cm³/mol. The molecular formula is C16H23NOS. The summed E-state index contributed by atoms with van der Waals surface area (Å²) in [5.74, 6) is 2.65. The maximum Gasteiger partial charge on any atom is 0.0434 e. The first-order valence-corrected chi connectivity index (χ1v) is 8.40. The van der Waals surface area contributed by atoms with E-state index < -0.39 is 0 Å². The van der Waals surface area contributed by atoms with Crippen LogP contribution in [0.1, 0.15) is 30.7 Å². The SMILES string of the molecule is OCCC1CCCN(CC2CSc3ccccc32)C1. The highest BCUT2D eigenvalue weighted by Gasteiger charge is 2.27. The highest BCUT2D eigenvalue weighted by molar-refractivity contribution is 7.99. The van der Waals surface area contributed by atoms with Gasteiger partial charge in [0.1, 0.15) is 0 Å². The maximum atomic E-state index is 9.10. The van der Waals surface area contributed by atoms with Crippen LogP contribution in [0.4, 0.5) is 0 Å². The highest BCUT2D eigenvalue weighted by atomic mass is 32.2. The van der Waals surface area contributed by atoms with Crippen molar-refractivity contribution in [3.63, 3.8) is 0 Å². The number of likely N-dealkylation sites (tertiary alicyclic amines) is 1. The summed E-state index contributed by atoms with van der Waals surface area (Å²) >= 11 is 2.01. The van der Waals surface area contributed by atoms with Crippen molar-refractivity contribution < 1.29 is 5.11 Å². The van der Waals surface area contributed by atoms with E-state index >= 15 is 0 Å². The minimum atomic E-state index is 0.348. The molecule has 0 saturated carbocycles. The normalized spacial score (nSPS) is 27.4. The van der Waals surface area contributed by atoms with E-state index in [4.69, 9.17) is 5.11 Å². The number of rotatable bonds is 4. The second-order valence-electron chi connectivity index (χ2n) is 5.83. The molecule has 0 spiro atoms. The van der Waals surface area contributed by atoms with Crippen molar-refractivity contribution in [3.8, 4) is 0 Å². The lowest BCUT2D eigenvalue weighted by molar-refractivity contribution is 0.143. The van der Waals surface area contributed by atoms with Crippen LogP contribution in [0.5, 0.6) is 0 Å². The third kappa shape index (κ3) is 3.15. The highest BCUT2D eigenvalue weighted by Crippen LogP contribution is 2.40. The minimum Gasteiger partial charge on any atom is -0.396 e. The van der Waals surface area contributed by atoms with Crippen LogP contribution in [0.25, 0.3) is 0 Å². The van der Waals surface area contributed by atoms with E-state index in [1.807, 2.05) is 11.8 Å². The lowest BCUT2D eigenvalue weighted by Crippen LogP contribution is -2.38. The molecule has 3 rings (SSSR count). The summed E-state index contributed by atoms with van der Waals surface area (Å²) in [5.41, 5.74) is 1.55. The van der Waals surface area contributed by atoms with Gasteiger partial charge in [0.05, 0.1) is 0 Å². The van der Waals surface area contributed by atoms with Crippen LogP contribution in [0.2, 0.25) is 0 Å². The molecule has 2 nitrogen and oxygen atoms in total. The Balaban J connectivity index is 1.60. The van der Waals surface area contributed by atoms with Gasteiger partial charge in [0.15, 0.2) is 0 Å². The van der Waals surface area contributed by atoms with Crippen molar-refractivity contribution in [2.24, 2.45) is 5.92 Å². The maximum absolute atomic E-state index is 9.10. The van der Waals surface area contributed by atoms with Gasteiger partial charge in [-0.3, -0.25) is 0 Å². The average Bonchev–Trinajstić information content (AvgIpc) is 2.83. The standard InChI is InChI=1S/C16H23NOS/c18-9-7-13-4-3-8-17(10-13)11-14-12-19-16-6-2-1-5-15(14)16/h1-2,5-6,13-14,18H,3-4,7-12H2. The second-order valence-corrected chi connectivity index (χ2v) is 6.89. The number of fused-ring (bicyclic) bond motifs is 1. The number of nitrogens with zero attached hydrogens (tertiary/aromatic N) is 1. The molecule has 2 aliphatic rings. The molecule has 0 bridgehead atoms. The summed E-state index contributed by atoms with van der Waals surface area (Å²) < 4.78 is 0. The van der Waals surface area contributed by atoms with Gasteiger partial charge in [-0.15, -0.1) is 11.8 Å². The van der Waals surface area contributed by atoms with Gasteiger partial charge in [-0.2, -0.15) is 0 Å². The van der Waals surface area contributed by atoms with Crippen LogP contribution >= 0.6 is 11.8 Å². The van der Waals surface area contributed by atoms with Gasteiger partial charge < -0.3 is 10.0 Å². The van der Waals surface area contributed by atoms with Crippen molar-refractivity contribution in [1.82, 2.24) is 4.90 Å². The Morgan fingerprint density at radius 2 is 2.21 bits per heavy atom. The largest absolute Gasteiger partial charge is 0.396 e. The van der Waals surface area contributed by atoms with Crippen molar-refractivity contribution in [2.75, 3.05) is 32.0 Å². The van der Waals surface area contributed by atoms with Gasteiger partial charge >= 0.3 is 0 Å². The van der Waals surface area contributed by atoms with Crippen LogP contribution in [0, 0.1) is 5.92 Å². The molecule has 19 heavy (non-hydrogen) atoms. The van der Waals surface area contributed by atoms with Crippen LogP contribution < -0.4 is 0 Å². The number of thioether (sulfide) groups is 1. The van der Waals surface area contributed by atoms with Crippen LogP contribution in [-0.4, -0.2) is 42.0 Å². The van der Waals surface area contributed by atoms with Crippen molar-refractivity contribution in [1.29, 1.82) is 0 Å². The first-order valence-electron chi connectivity index (χ1n) is 7.41. The molecule has 0 aliphatic carbocycles. The van der Waals surface area contributed by atoms with E-state index in [0.29, 0.717) is 18.4 Å². The lowest BCUT2D eigenvalue weighted by atomic mass is 9.93. The monoisotopic (exact) mass is 277 g/mol. The van der Waals surface area contributed by atoms with Crippen LogP contribution in [0.3, 0.4) is 0 Å². The number of aliphatic hydroxyl groups is 1. The van der Waals surface area contributed by atoms with Crippen molar-refractivity contribution >= 4 is 11.8 Å². The Kier molecular flexibility index (Phi) is 4.46. The molecule has 1 aromatic rings. The Morgan fingerprint density at radius 3 is 3.11 bits per heavy atom. The average molecular weight is 277 g/mol. The minimum absolute atomic E-state index is 0.348.